The number of ether oxygens (including phenoxy) is 2. The van der Waals surface area contributed by atoms with Crippen LogP contribution in [0.15, 0.2) is 30.5 Å². The van der Waals surface area contributed by atoms with E-state index in [9.17, 15) is 4.79 Å². The van der Waals surface area contributed by atoms with Crippen LogP contribution in [-0.2, 0) is 11.8 Å². The highest BCUT2D eigenvalue weighted by atomic mass is 16.5. The molecule has 7 heteroatoms. The number of aryl methyl sites for hydroxylation is 1. The van der Waals surface area contributed by atoms with Crippen molar-refractivity contribution in [1.29, 1.82) is 0 Å². The van der Waals surface area contributed by atoms with Crippen LogP contribution in [0, 0.1) is 0 Å². The average Bonchev–Trinajstić information content (AvgIpc) is 2.94. The van der Waals surface area contributed by atoms with Crippen molar-refractivity contribution in [3.8, 4) is 5.75 Å². The monoisotopic (exact) mass is 290 g/mol. The topological polar surface area (TPSA) is 78.3 Å². The van der Waals surface area contributed by atoms with Gasteiger partial charge in [0.2, 0.25) is 0 Å². The minimum Gasteiger partial charge on any atom is -0.497 e. The third kappa shape index (κ3) is 3.79. The summed E-state index contributed by atoms with van der Waals surface area (Å²) in [5.74, 6) is 0.461. The largest absolute Gasteiger partial charge is 0.497 e. The zero-order valence-electron chi connectivity index (χ0n) is 12.2. The number of hydrogen-bond donors (Lipinski definition) is 1. The number of amides is 1. The van der Waals surface area contributed by atoms with Gasteiger partial charge in [-0.2, -0.15) is 0 Å². The number of nitrogens with zero attached hydrogens (tertiary/aromatic N) is 3. The minimum absolute atomic E-state index is 0.263. The SMILES string of the molecule is COc1cccc(C(CNC(=O)c2cn(C)nn2)OC)c1. The van der Waals surface area contributed by atoms with Crippen LogP contribution in [0.2, 0.25) is 0 Å². The summed E-state index contributed by atoms with van der Waals surface area (Å²) in [6.07, 6.45) is 1.30. The highest BCUT2D eigenvalue weighted by Crippen LogP contribution is 2.20. The Morgan fingerprint density at radius 2 is 2.24 bits per heavy atom. The zero-order chi connectivity index (χ0) is 15.2. The van der Waals surface area contributed by atoms with Gasteiger partial charge in [0.15, 0.2) is 5.69 Å². The summed E-state index contributed by atoms with van der Waals surface area (Å²) in [4.78, 5) is 11.9. The lowest BCUT2D eigenvalue weighted by molar-refractivity contribution is 0.0823. The Hall–Kier alpha value is -2.41. The van der Waals surface area contributed by atoms with Gasteiger partial charge in [-0.3, -0.25) is 9.48 Å². The lowest BCUT2D eigenvalue weighted by atomic mass is 10.1. The molecule has 0 aliphatic carbocycles. The molecule has 1 atom stereocenters. The molecular weight excluding hydrogens is 272 g/mol. The summed E-state index contributed by atoms with van der Waals surface area (Å²) in [7, 11) is 4.91. The second kappa shape index (κ2) is 6.85. The van der Waals surface area contributed by atoms with Crippen molar-refractivity contribution in [2.24, 2.45) is 7.05 Å². The highest BCUT2D eigenvalue weighted by molar-refractivity contribution is 5.91. The molecule has 0 saturated carbocycles. The molecule has 7 nitrogen and oxygen atoms in total. The normalized spacial score (nSPS) is 12.0. The molecule has 0 aliphatic rings. The number of methoxy groups -OCH3 is 2. The Bertz CT molecular complexity index is 612. The van der Waals surface area contributed by atoms with Crippen molar-refractivity contribution in [2.75, 3.05) is 20.8 Å². The van der Waals surface area contributed by atoms with Crippen LogP contribution in [0.5, 0.6) is 5.75 Å². The number of rotatable bonds is 6. The predicted molar refractivity (Wildman–Crippen MR) is 76.1 cm³/mol. The van der Waals surface area contributed by atoms with Crippen molar-refractivity contribution in [3.63, 3.8) is 0 Å². The Kier molecular flexibility index (Phi) is 4.89. The van der Waals surface area contributed by atoms with Crippen molar-refractivity contribution in [2.45, 2.75) is 6.10 Å². The van der Waals surface area contributed by atoms with Gasteiger partial charge in [0.05, 0.1) is 19.4 Å². The molecule has 2 rings (SSSR count). The lowest BCUT2D eigenvalue weighted by Crippen LogP contribution is -2.29. The third-order valence-corrected chi connectivity index (χ3v) is 3.03. The van der Waals surface area contributed by atoms with Crippen LogP contribution in [0.1, 0.15) is 22.2 Å². The average molecular weight is 290 g/mol. The van der Waals surface area contributed by atoms with E-state index in [1.165, 1.54) is 4.68 Å². The van der Waals surface area contributed by atoms with Crippen LogP contribution < -0.4 is 10.1 Å². The Labute approximate surface area is 122 Å². The molecule has 1 unspecified atom stereocenters. The minimum atomic E-state index is -0.284. The fourth-order valence-corrected chi connectivity index (χ4v) is 1.91. The lowest BCUT2D eigenvalue weighted by Gasteiger charge is -2.16. The van der Waals surface area contributed by atoms with Crippen LogP contribution in [0.4, 0.5) is 0 Å². The second-order valence-corrected chi connectivity index (χ2v) is 4.49. The van der Waals surface area contributed by atoms with Crippen molar-refractivity contribution in [3.05, 3.63) is 41.7 Å². The van der Waals surface area contributed by atoms with Crippen LogP contribution in [-0.4, -0.2) is 41.7 Å². The van der Waals surface area contributed by atoms with E-state index in [-0.39, 0.29) is 17.7 Å². The number of hydrogen-bond acceptors (Lipinski definition) is 5. The van der Waals surface area contributed by atoms with Gasteiger partial charge in [0.25, 0.3) is 5.91 Å². The number of carbonyl (C=O) groups is 1. The number of carbonyl (C=O) groups excluding carboxylic acids is 1. The first kappa shape index (κ1) is 15.0. The first-order chi connectivity index (χ1) is 10.1. The molecule has 1 N–H and O–H groups in total. The van der Waals surface area contributed by atoms with Crippen LogP contribution in [0.3, 0.4) is 0 Å². The summed E-state index contributed by atoms with van der Waals surface area (Å²) in [6.45, 7) is 0.332. The summed E-state index contributed by atoms with van der Waals surface area (Å²) < 4.78 is 12.1. The maximum Gasteiger partial charge on any atom is 0.273 e. The van der Waals surface area contributed by atoms with Gasteiger partial charge in [-0.25, -0.2) is 0 Å². The van der Waals surface area contributed by atoms with E-state index in [1.807, 2.05) is 24.3 Å². The zero-order valence-corrected chi connectivity index (χ0v) is 12.2. The molecule has 0 radical (unpaired) electrons. The summed E-state index contributed by atoms with van der Waals surface area (Å²) in [5.41, 5.74) is 1.20. The summed E-state index contributed by atoms with van der Waals surface area (Å²) in [6, 6.07) is 7.53. The van der Waals surface area contributed by atoms with Gasteiger partial charge in [-0.05, 0) is 17.7 Å². The van der Waals surface area contributed by atoms with Crippen LogP contribution in [0.25, 0.3) is 0 Å². The van der Waals surface area contributed by atoms with Gasteiger partial charge in [0.1, 0.15) is 5.75 Å². The van der Waals surface area contributed by atoms with Gasteiger partial charge < -0.3 is 14.8 Å². The van der Waals surface area contributed by atoms with Crippen molar-refractivity contribution >= 4 is 5.91 Å². The van der Waals surface area contributed by atoms with Crippen molar-refractivity contribution < 1.29 is 14.3 Å². The first-order valence-electron chi connectivity index (χ1n) is 6.45. The number of aromatic nitrogens is 3. The van der Waals surface area contributed by atoms with Gasteiger partial charge in [-0.15, -0.1) is 5.10 Å². The van der Waals surface area contributed by atoms with E-state index in [0.717, 1.165) is 11.3 Å². The van der Waals surface area contributed by atoms with Crippen LogP contribution >= 0.6 is 0 Å². The van der Waals surface area contributed by atoms with E-state index >= 15 is 0 Å². The molecular formula is C14H18N4O3. The van der Waals surface area contributed by atoms with Gasteiger partial charge in [0, 0.05) is 20.7 Å². The van der Waals surface area contributed by atoms with E-state index in [1.54, 1.807) is 27.5 Å². The molecule has 0 saturated heterocycles. The molecule has 0 bridgehead atoms. The van der Waals surface area contributed by atoms with Crippen molar-refractivity contribution in [1.82, 2.24) is 20.3 Å². The quantitative estimate of drug-likeness (QED) is 0.856. The van der Waals surface area contributed by atoms with Gasteiger partial charge >= 0.3 is 0 Å². The van der Waals surface area contributed by atoms with E-state index < -0.39 is 0 Å². The summed E-state index contributed by atoms with van der Waals surface area (Å²) in [5, 5.41) is 10.3. The predicted octanol–water partition coefficient (Wildman–Crippen LogP) is 0.941. The molecule has 0 fully saturated rings. The molecule has 1 aromatic carbocycles. The molecule has 21 heavy (non-hydrogen) atoms. The number of nitrogens with one attached hydrogen (secondary N) is 1. The maximum atomic E-state index is 11.9. The maximum absolute atomic E-state index is 11.9. The third-order valence-electron chi connectivity index (χ3n) is 3.03. The highest BCUT2D eigenvalue weighted by Gasteiger charge is 2.15. The Morgan fingerprint density at radius 3 is 2.86 bits per heavy atom. The van der Waals surface area contributed by atoms with E-state index in [2.05, 4.69) is 15.6 Å². The Balaban J connectivity index is 2.00. The fourth-order valence-electron chi connectivity index (χ4n) is 1.91. The smallest absolute Gasteiger partial charge is 0.273 e. The molecule has 1 aromatic heterocycles. The first-order valence-corrected chi connectivity index (χ1v) is 6.45. The second-order valence-electron chi connectivity index (χ2n) is 4.49. The molecule has 1 heterocycles. The fraction of sp³-hybridized carbons (Fsp3) is 0.357. The molecule has 112 valence electrons. The Morgan fingerprint density at radius 1 is 1.43 bits per heavy atom. The standard InChI is InChI=1S/C14H18N4O3/c1-18-9-12(16-17-18)14(19)15-8-13(21-3)10-5-4-6-11(7-10)20-2/h4-7,9,13H,8H2,1-3H3,(H,15,19). The molecule has 0 aliphatic heterocycles. The van der Waals surface area contributed by atoms with E-state index in [4.69, 9.17) is 9.47 Å². The summed E-state index contributed by atoms with van der Waals surface area (Å²) >= 11 is 0. The molecule has 0 spiro atoms. The van der Waals surface area contributed by atoms with E-state index in [0.29, 0.717) is 6.54 Å². The molecule has 2 aromatic rings. The number of benzene rings is 1. The molecule has 1 amide bonds. The van der Waals surface area contributed by atoms with Gasteiger partial charge in [-0.1, -0.05) is 17.3 Å².